The third kappa shape index (κ3) is 5.53. The van der Waals surface area contributed by atoms with Gasteiger partial charge in [-0.25, -0.2) is 13.2 Å². The minimum Gasteiger partial charge on any atom is -0.204 e. The molecule has 0 heterocycles. The molecule has 1 aromatic rings. The Hall–Kier alpha value is -1.43. The standard InChI is InChI=1S/C24H31F3/c1-2-3-4-17-5-7-18(8-6-17)9-10-19-11-13-20(14-12-19)21-15-22(25)24(27)23(26)16-21/h15-20H,2-8,11-14H2,1H3/t17-,18-,19-,20-. The average Bonchev–Trinajstić information content (AvgIpc) is 2.69. The van der Waals surface area contributed by atoms with E-state index in [0.717, 1.165) is 43.7 Å². The Morgan fingerprint density at radius 1 is 0.815 bits per heavy atom. The quantitative estimate of drug-likeness (QED) is 0.380. The molecule has 0 spiro atoms. The first kappa shape index (κ1) is 20.3. The Labute approximate surface area is 161 Å². The molecule has 0 radical (unpaired) electrons. The maximum atomic E-state index is 13.5. The summed E-state index contributed by atoms with van der Waals surface area (Å²) in [4.78, 5) is 0. The van der Waals surface area contributed by atoms with E-state index in [1.807, 2.05) is 0 Å². The number of hydrogen-bond acceptors (Lipinski definition) is 0. The van der Waals surface area contributed by atoms with Gasteiger partial charge in [-0.2, -0.15) is 0 Å². The molecule has 0 nitrogen and oxygen atoms in total. The van der Waals surface area contributed by atoms with Crippen molar-refractivity contribution in [1.82, 2.24) is 0 Å². The molecular weight excluding hydrogens is 345 g/mol. The zero-order valence-electron chi connectivity index (χ0n) is 16.4. The fraction of sp³-hybridized carbons (Fsp3) is 0.667. The van der Waals surface area contributed by atoms with Crippen molar-refractivity contribution in [2.75, 3.05) is 0 Å². The van der Waals surface area contributed by atoms with Crippen molar-refractivity contribution in [2.24, 2.45) is 17.8 Å². The maximum Gasteiger partial charge on any atom is 0.194 e. The van der Waals surface area contributed by atoms with Gasteiger partial charge in [0.1, 0.15) is 0 Å². The summed E-state index contributed by atoms with van der Waals surface area (Å²) < 4.78 is 40.0. The van der Waals surface area contributed by atoms with Gasteiger partial charge in [-0.05, 0) is 80.9 Å². The first-order chi connectivity index (χ1) is 13.1. The number of unbranched alkanes of at least 4 members (excludes halogenated alkanes) is 1. The zero-order chi connectivity index (χ0) is 19.2. The van der Waals surface area contributed by atoms with Crippen LogP contribution in [0.15, 0.2) is 12.1 Å². The highest BCUT2D eigenvalue weighted by Crippen LogP contribution is 2.37. The van der Waals surface area contributed by atoms with Crippen molar-refractivity contribution in [3.05, 3.63) is 35.1 Å². The van der Waals surface area contributed by atoms with E-state index in [1.54, 1.807) is 0 Å². The van der Waals surface area contributed by atoms with Crippen molar-refractivity contribution >= 4 is 0 Å². The minimum atomic E-state index is -1.37. The molecule has 3 heteroatoms. The average molecular weight is 377 g/mol. The molecule has 2 saturated carbocycles. The maximum absolute atomic E-state index is 13.5. The predicted octanol–water partition coefficient (Wildman–Crippen LogP) is 7.38. The molecule has 0 unspecified atom stereocenters. The monoisotopic (exact) mass is 376 g/mol. The molecule has 2 aliphatic carbocycles. The molecule has 148 valence electrons. The molecule has 0 bridgehead atoms. The first-order valence-electron chi connectivity index (χ1n) is 10.7. The van der Waals surface area contributed by atoms with Crippen LogP contribution in [0.3, 0.4) is 0 Å². The van der Waals surface area contributed by atoms with Crippen LogP contribution in [0.1, 0.15) is 89.0 Å². The molecular formula is C24H31F3. The number of rotatable bonds is 4. The van der Waals surface area contributed by atoms with Crippen LogP contribution in [0.2, 0.25) is 0 Å². The van der Waals surface area contributed by atoms with Crippen molar-refractivity contribution in [1.29, 1.82) is 0 Å². The molecule has 27 heavy (non-hydrogen) atoms. The SMILES string of the molecule is CCCC[C@H]1CC[C@H](C#C[C@H]2CC[C@H](c3cc(F)c(F)c(F)c3)CC2)CC1. The topological polar surface area (TPSA) is 0 Å². The molecule has 0 atom stereocenters. The summed E-state index contributed by atoms with van der Waals surface area (Å²) in [6, 6.07) is 2.32. The van der Waals surface area contributed by atoms with Gasteiger partial charge in [0.2, 0.25) is 0 Å². The summed E-state index contributed by atoms with van der Waals surface area (Å²) in [5.41, 5.74) is 0.586. The fourth-order valence-electron chi connectivity index (χ4n) is 4.71. The van der Waals surface area contributed by atoms with Crippen LogP contribution < -0.4 is 0 Å². The molecule has 0 aliphatic heterocycles. The van der Waals surface area contributed by atoms with Gasteiger partial charge >= 0.3 is 0 Å². The molecule has 0 N–H and O–H groups in total. The van der Waals surface area contributed by atoms with E-state index in [9.17, 15) is 13.2 Å². The van der Waals surface area contributed by atoms with Gasteiger partial charge in [0.15, 0.2) is 17.5 Å². The van der Waals surface area contributed by atoms with Crippen molar-refractivity contribution in [3.63, 3.8) is 0 Å². The Bertz CT molecular complexity index is 646. The highest BCUT2D eigenvalue weighted by atomic mass is 19.2. The van der Waals surface area contributed by atoms with Gasteiger partial charge in [0.05, 0.1) is 0 Å². The van der Waals surface area contributed by atoms with Gasteiger partial charge in [-0.3, -0.25) is 0 Å². The molecule has 2 aliphatic rings. The summed E-state index contributed by atoms with van der Waals surface area (Å²) in [7, 11) is 0. The van der Waals surface area contributed by atoms with Crippen LogP contribution in [0.4, 0.5) is 13.2 Å². The van der Waals surface area contributed by atoms with Gasteiger partial charge in [-0.15, -0.1) is 0 Å². The van der Waals surface area contributed by atoms with E-state index < -0.39 is 17.5 Å². The normalized spacial score (nSPS) is 28.4. The van der Waals surface area contributed by atoms with Crippen LogP contribution in [-0.4, -0.2) is 0 Å². The summed E-state index contributed by atoms with van der Waals surface area (Å²) in [6.07, 6.45) is 12.8. The van der Waals surface area contributed by atoms with Gasteiger partial charge in [0, 0.05) is 11.8 Å². The van der Waals surface area contributed by atoms with E-state index in [2.05, 4.69) is 18.8 Å². The van der Waals surface area contributed by atoms with Crippen molar-refractivity contribution < 1.29 is 13.2 Å². The minimum absolute atomic E-state index is 0.113. The van der Waals surface area contributed by atoms with Crippen LogP contribution in [-0.2, 0) is 0 Å². The van der Waals surface area contributed by atoms with Gasteiger partial charge in [-0.1, -0.05) is 38.0 Å². The molecule has 0 aromatic heterocycles. The lowest BCUT2D eigenvalue weighted by Gasteiger charge is -2.27. The summed E-state index contributed by atoms with van der Waals surface area (Å²) >= 11 is 0. The molecule has 3 rings (SSSR count). The third-order valence-electron chi connectivity index (χ3n) is 6.51. The Balaban J connectivity index is 1.46. The van der Waals surface area contributed by atoms with E-state index in [-0.39, 0.29) is 5.92 Å². The van der Waals surface area contributed by atoms with Crippen LogP contribution >= 0.6 is 0 Å². The van der Waals surface area contributed by atoms with Crippen LogP contribution in [0.5, 0.6) is 0 Å². The third-order valence-corrected chi connectivity index (χ3v) is 6.51. The predicted molar refractivity (Wildman–Crippen MR) is 104 cm³/mol. The lowest BCUT2D eigenvalue weighted by atomic mass is 9.77. The summed E-state index contributed by atoms with van der Waals surface area (Å²) in [5, 5.41) is 0. The number of hydrogen-bond donors (Lipinski definition) is 0. The number of benzene rings is 1. The Morgan fingerprint density at radius 2 is 1.33 bits per heavy atom. The Kier molecular flexibility index (Phi) is 7.27. The zero-order valence-corrected chi connectivity index (χ0v) is 16.4. The van der Waals surface area contributed by atoms with Crippen LogP contribution in [0.25, 0.3) is 0 Å². The molecule has 2 fully saturated rings. The van der Waals surface area contributed by atoms with Crippen LogP contribution in [0, 0.1) is 47.0 Å². The first-order valence-corrected chi connectivity index (χ1v) is 10.7. The summed E-state index contributed by atoms with van der Waals surface area (Å²) in [5.74, 6) is 5.47. The van der Waals surface area contributed by atoms with Crippen molar-refractivity contribution in [2.45, 2.75) is 83.5 Å². The van der Waals surface area contributed by atoms with E-state index in [0.29, 0.717) is 17.4 Å². The molecule has 0 saturated heterocycles. The summed E-state index contributed by atoms with van der Waals surface area (Å²) in [6.45, 7) is 2.26. The fourth-order valence-corrected chi connectivity index (χ4v) is 4.71. The lowest BCUT2D eigenvalue weighted by Crippen LogP contribution is -2.15. The second-order valence-corrected chi connectivity index (χ2v) is 8.50. The lowest BCUT2D eigenvalue weighted by molar-refractivity contribution is 0.295. The number of halogens is 3. The van der Waals surface area contributed by atoms with E-state index >= 15 is 0 Å². The Morgan fingerprint density at radius 3 is 1.85 bits per heavy atom. The second-order valence-electron chi connectivity index (χ2n) is 8.50. The van der Waals surface area contributed by atoms with Crippen molar-refractivity contribution in [3.8, 4) is 11.8 Å². The van der Waals surface area contributed by atoms with Gasteiger partial charge in [0.25, 0.3) is 0 Å². The van der Waals surface area contributed by atoms with Gasteiger partial charge < -0.3 is 0 Å². The van der Waals surface area contributed by atoms with E-state index in [1.165, 1.54) is 44.9 Å². The van der Waals surface area contributed by atoms with E-state index in [4.69, 9.17) is 0 Å². The second kappa shape index (κ2) is 9.67. The largest absolute Gasteiger partial charge is 0.204 e. The smallest absolute Gasteiger partial charge is 0.194 e. The highest BCUT2D eigenvalue weighted by molar-refractivity contribution is 5.24. The molecule has 0 amide bonds. The molecule has 1 aromatic carbocycles. The highest BCUT2D eigenvalue weighted by Gasteiger charge is 2.24.